The highest BCUT2D eigenvalue weighted by atomic mass is 79.9. The van der Waals surface area contributed by atoms with Crippen LogP contribution in [-0.4, -0.2) is 42.2 Å². The maximum absolute atomic E-state index is 12.8. The summed E-state index contributed by atoms with van der Waals surface area (Å²) in [6.45, 7) is 7.59. The zero-order chi connectivity index (χ0) is 18.5. The first-order chi connectivity index (χ1) is 12.6. The van der Waals surface area contributed by atoms with E-state index in [1.165, 1.54) is 11.3 Å². The van der Waals surface area contributed by atoms with E-state index in [0.29, 0.717) is 0 Å². The SMILES string of the molecule is CCc1ccccc1N1CCN(C(=O)C(C)Sc2ccc(Br)cc2)CC1. The summed E-state index contributed by atoms with van der Waals surface area (Å²) >= 11 is 5.08. The van der Waals surface area contributed by atoms with Crippen LogP contribution in [0.15, 0.2) is 57.9 Å². The Morgan fingerprint density at radius 3 is 2.38 bits per heavy atom. The Balaban J connectivity index is 1.57. The minimum Gasteiger partial charge on any atom is -0.368 e. The Bertz CT molecular complexity index is 742. The average Bonchev–Trinajstić information content (AvgIpc) is 2.69. The molecule has 1 aliphatic heterocycles. The summed E-state index contributed by atoms with van der Waals surface area (Å²) in [6, 6.07) is 16.7. The van der Waals surface area contributed by atoms with Crippen LogP contribution < -0.4 is 4.90 Å². The van der Waals surface area contributed by atoms with E-state index in [1.54, 1.807) is 11.8 Å². The molecule has 0 N–H and O–H groups in total. The van der Waals surface area contributed by atoms with Crippen molar-refractivity contribution in [2.75, 3.05) is 31.1 Å². The number of rotatable bonds is 5. The first-order valence-corrected chi connectivity index (χ1v) is 10.8. The van der Waals surface area contributed by atoms with Crippen molar-refractivity contribution < 1.29 is 4.79 Å². The molecule has 138 valence electrons. The highest BCUT2D eigenvalue weighted by Gasteiger charge is 2.26. The van der Waals surface area contributed by atoms with Gasteiger partial charge in [0.1, 0.15) is 0 Å². The lowest BCUT2D eigenvalue weighted by atomic mass is 10.1. The molecule has 0 aliphatic carbocycles. The second kappa shape index (κ2) is 8.96. The van der Waals surface area contributed by atoms with Gasteiger partial charge in [-0.05, 0) is 49.2 Å². The van der Waals surface area contributed by atoms with Crippen molar-refractivity contribution in [2.24, 2.45) is 0 Å². The zero-order valence-corrected chi connectivity index (χ0v) is 17.7. The van der Waals surface area contributed by atoms with Crippen LogP contribution in [-0.2, 0) is 11.2 Å². The monoisotopic (exact) mass is 432 g/mol. The molecule has 0 radical (unpaired) electrons. The van der Waals surface area contributed by atoms with Crippen LogP contribution in [0.3, 0.4) is 0 Å². The number of carbonyl (C=O) groups is 1. The first-order valence-electron chi connectivity index (χ1n) is 9.12. The fraction of sp³-hybridized carbons (Fsp3) is 0.381. The van der Waals surface area contributed by atoms with Crippen molar-refractivity contribution in [1.82, 2.24) is 4.90 Å². The molecule has 2 aromatic rings. The van der Waals surface area contributed by atoms with Crippen molar-refractivity contribution in [3.8, 4) is 0 Å². The van der Waals surface area contributed by atoms with Crippen LogP contribution in [0.1, 0.15) is 19.4 Å². The summed E-state index contributed by atoms with van der Waals surface area (Å²) in [5, 5.41) is -0.0642. The molecule has 1 fully saturated rings. The highest BCUT2D eigenvalue weighted by molar-refractivity contribution is 9.10. The second-order valence-corrected chi connectivity index (χ2v) is 8.84. The van der Waals surface area contributed by atoms with E-state index in [-0.39, 0.29) is 11.2 Å². The summed E-state index contributed by atoms with van der Waals surface area (Å²) < 4.78 is 1.06. The normalized spacial score (nSPS) is 15.8. The summed E-state index contributed by atoms with van der Waals surface area (Å²) in [6.07, 6.45) is 1.04. The maximum Gasteiger partial charge on any atom is 0.235 e. The van der Waals surface area contributed by atoms with Gasteiger partial charge in [-0.3, -0.25) is 4.79 Å². The lowest BCUT2D eigenvalue weighted by Gasteiger charge is -2.38. The number of hydrogen-bond acceptors (Lipinski definition) is 3. The number of thioether (sulfide) groups is 1. The van der Waals surface area contributed by atoms with Crippen molar-refractivity contribution in [3.63, 3.8) is 0 Å². The Labute approximate surface area is 168 Å². The van der Waals surface area contributed by atoms with Gasteiger partial charge in [0.25, 0.3) is 0 Å². The molecule has 3 rings (SSSR count). The minimum atomic E-state index is -0.0642. The number of aryl methyl sites for hydroxylation is 1. The third-order valence-electron chi connectivity index (χ3n) is 4.78. The van der Waals surface area contributed by atoms with Gasteiger partial charge in [0.15, 0.2) is 0 Å². The van der Waals surface area contributed by atoms with E-state index in [0.717, 1.165) is 42.0 Å². The predicted octanol–water partition coefficient (Wildman–Crippen LogP) is 4.84. The number of carbonyl (C=O) groups excluding carboxylic acids is 1. The summed E-state index contributed by atoms with van der Waals surface area (Å²) in [5.41, 5.74) is 2.70. The molecular formula is C21H25BrN2OS. The average molecular weight is 433 g/mol. The van der Waals surface area contributed by atoms with Crippen LogP contribution in [0.5, 0.6) is 0 Å². The Kier molecular flexibility index (Phi) is 6.65. The van der Waals surface area contributed by atoms with Gasteiger partial charge in [-0.25, -0.2) is 0 Å². The molecule has 0 bridgehead atoms. The van der Waals surface area contributed by atoms with Crippen molar-refractivity contribution in [1.29, 1.82) is 0 Å². The molecule has 26 heavy (non-hydrogen) atoms. The van der Waals surface area contributed by atoms with Gasteiger partial charge in [-0.2, -0.15) is 0 Å². The third kappa shape index (κ3) is 4.63. The van der Waals surface area contributed by atoms with E-state index in [1.807, 2.05) is 24.0 Å². The Morgan fingerprint density at radius 1 is 1.08 bits per heavy atom. The van der Waals surface area contributed by atoms with Crippen LogP contribution >= 0.6 is 27.7 Å². The zero-order valence-electron chi connectivity index (χ0n) is 15.3. The van der Waals surface area contributed by atoms with Gasteiger partial charge in [0.05, 0.1) is 5.25 Å². The van der Waals surface area contributed by atoms with Gasteiger partial charge in [0, 0.05) is 41.2 Å². The second-order valence-electron chi connectivity index (χ2n) is 6.51. The number of para-hydroxylation sites is 1. The van der Waals surface area contributed by atoms with E-state index in [4.69, 9.17) is 0 Å². The van der Waals surface area contributed by atoms with Gasteiger partial charge < -0.3 is 9.80 Å². The Hall–Kier alpha value is -1.46. The molecule has 1 amide bonds. The number of hydrogen-bond donors (Lipinski definition) is 0. The number of piperazine rings is 1. The minimum absolute atomic E-state index is 0.0642. The molecule has 1 atom stereocenters. The molecule has 3 nitrogen and oxygen atoms in total. The fourth-order valence-corrected chi connectivity index (χ4v) is 4.53. The summed E-state index contributed by atoms with van der Waals surface area (Å²) in [5.74, 6) is 0.237. The number of nitrogens with zero attached hydrogens (tertiary/aromatic N) is 2. The summed E-state index contributed by atoms with van der Waals surface area (Å²) in [7, 11) is 0. The van der Waals surface area contributed by atoms with Crippen LogP contribution in [0.2, 0.25) is 0 Å². The predicted molar refractivity (Wildman–Crippen MR) is 114 cm³/mol. The van der Waals surface area contributed by atoms with Crippen molar-refractivity contribution in [3.05, 3.63) is 58.6 Å². The van der Waals surface area contributed by atoms with Crippen LogP contribution in [0, 0.1) is 0 Å². The number of anilines is 1. The lowest BCUT2D eigenvalue weighted by molar-refractivity contribution is -0.130. The molecule has 0 saturated carbocycles. The largest absolute Gasteiger partial charge is 0.368 e. The molecule has 5 heteroatoms. The van der Waals surface area contributed by atoms with Crippen LogP contribution in [0.25, 0.3) is 0 Å². The van der Waals surface area contributed by atoms with E-state index < -0.39 is 0 Å². The van der Waals surface area contributed by atoms with Gasteiger partial charge in [-0.15, -0.1) is 11.8 Å². The van der Waals surface area contributed by atoms with Crippen molar-refractivity contribution >= 4 is 39.3 Å². The topological polar surface area (TPSA) is 23.6 Å². The molecule has 1 heterocycles. The number of amides is 1. The molecule has 1 aliphatic rings. The number of benzene rings is 2. The first kappa shape index (κ1) is 19.3. The maximum atomic E-state index is 12.8. The quantitative estimate of drug-likeness (QED) is 0.631. The molecule has 2 aromatic carbocycles. The molecule has 0 aromatic heterocycles. The van der Waals surface area contributed by atoms with Gasteiger partial charge in [-0.1, -0.05) is 41.1 Å². The highest BCUT2D eigenvalue weighted by Crippen LogP contribution is 2.27. The third-order valence-corrected chi connectivity index (χ3v) is 6.41. The lowest BCUT2D eigenvalue weighted by Crippen LogP contribution is -2.50. The molecule has 0 spiro atoms. The Morgan fingerprint density at radius 2 is 1.73 bits per heavy atom. The van der Waals surface area contributed by atoms with E-state index in [9.17, 15) is 4.79 Å². The van der Waals surface area contributed by atoms with Crippen LogP contribution in [0.4, 0.5) is 5.69 Å². The molecular weight excluding hydrogens is 408 g/mol. The smallest absolute Gasteiger partial charge is 0.235 e. The van der Waals surface area contributed by atoms with E-state index >= 15 is 0 Å². The van der Waals surface area contributed by atoms with E-state index in [2.05, 4.69) is 64.2 Å². The van der Waals surface area contributed by atoms with Crippen molar-refractivity contribution in [2.45, 2.75) is 30.4 Å². The van der Waals surface area contributed by atoms with Gasteiger partial charge >= 0.3 is 0 Å². The number of halogens is 1. The fourth-order valence-electron chi connectivity index (χ4n) is 3.31. The standard InChI is InChI=1S/C21H25BrN2OS/c1-3-17-6-4-5-7-20(17)23-12-14-24(15-13-23)21(25)16(2)26-19-10-8-18(22)9-11-19/h4-11,16H,3,12-15H2,1-2H3. The molecule has 1 unspecified atom stereocenters. The molecule has 1 saturated heterocycles. The van der Waals surface area contributed by atoms with Gasteiger partial charge in [0.2, 0.25) is 5.91 Å². The summed E-state index contributed by atoms with van der Waals surface area (Å²) in [4.78, 5) is 18.4.